The van der Waals surface area contributed by atoms with E-state index in [2.05, 4.69) is 11.7 Å². The molecule has 0 fully saturated rings. The van der Waals surface area contributed by atoms with Crippen LogP contribution in [0.2, 0.25) is 0 Å². The lowest BCUT2D eigenvalue weighted by molar-refractivity contribution is -0.392. The van der Waals surface area contributed by atoms with Gasteiger partial charge in [-0.1, -0.05) is 6.08 Å². The molecule has 0 N–H and O–H groups in total. The number of aromatic nitrogens is 2. The third-order valence-corrected chi connectivity index (χ3v) is 3.19. The molecule has 0 aliphatic rings. The smallest absolute Gasteiger partial charge is 0.358 e. The summed E-state index contributed by atoms with van der Waals surface area (Å²) in [5, 5.41) is 14.1. The quantitative estimate of drug-likeness (QED) is 0.355. The SMILES string of the molecule is C=CC(C)n1cc(S(=O)(=O)Cl)c([N+](=O)[O-])n1. The molecule has 0 spiro atoms. The van der Waals surface area contributed by atoms with Crippen molar-refractivity contribution in [1.82, 2.24) is 9.78 Å². The van der Waals surface area contributed by atoms with Crippen LogP contribution in [0.1, 0.15) is 13.0 Å². The maximum Gasteiger partial charge on any atom is 0.410 e. The molecule has 1 unspecified atom stereocenters. The first-order chi connectivity index (χ1) is 7.27. The second kappa shape index (κ2) is 4.22. The molecule has 1 heterocycles. The third-order valence-electron chi connectivity index (χ3n) is 1.87. The summed E-state index contributed by atoms with van der Waals surface area (Å²) < 4.78 is 23.2. The molecule has 9 heteroatoms. The van der Waals surface area contributed by atoms with Crippen molar-refractivity contribution < 1.29 is 13.3 Å². The molecule has 0 saturated heterocycles. The molecule has 1 atom stereocenters. The summed E-state index contributed by atoms with van der Waals surface area (Å²) in [6, 6.07) is -0.370. The Hall–Kier alpha value is -1.41. The highest BCUT2D eigenvalue weighted by molar-refractivity contribution is 8.13. The highest BCUT2D eigenvalue weighted by atomic mass is 35.7. The van der Waals surface area contributed by atoms with Gasteiger partial charge in [0, 0.05) is 10.7 Å². The fourth-order valence-electron chi connectivity index (χ4n) is 0.981. The highest BCUT2D eigenvalue weighted by Gasteiger charge is 2.30. The third kappa shape index (κ3) is 2.39. The summed E-state index contributed by atoms with van der Waals surface area (Å²) in [5.41, 5.74) is 0. The minimum atomic E-state index is -4.19. The molecule has 7 nitrogen and oxygen atoms in total. The van der Waals surface area contributed by atoms with Crippen molar-refractivity contribution in [3.8, 4) is 0 Å². The van der Waals surface area contributed by atoms with Crippen LogP contribution >= 0.6 is 10.7 Å². The van der Waals surface area contributed by atoms with Gasteiger partial charge in [0.25, 0.3) is 9.05 Å². The summed E-state index contributed by atoms with van der Waals surface area (Å²) in [5.74, 6) is -0.788. The van der Waals surface area contributed by atoms with Crippen molar-refractivity contribution in [1.29, 1.82) is 0 Å². The molecule has 0 bridgehead atoms. The van der Waals surface area contributed by atoms with Crippen LogP contribution in [0.4, 0.5) is 5.82 Å². The van der Waals surface area contributed by atoms with Crippen LogP contribution in [-0.4, -0.2) is 23.1 Å². The van der Waals surface area contributed by atoms with Gasteiger partial charge in [0.15, 0.2) is 0 Å². The number of allylic oxidation sites excluding steroid dienone is 1. The molecule has 88 valence electrons. The maximum absolute atomic E-state index is 11.1. The average Bonchev–Trinajstić information content (AvgIpc) is 2.60. The Morgan fingerprint density at radius 1 is 1.75 bits per heavy atom. The molecule has 0 aliphatic heterocycles. The molecule has 0 saturated carbocycles. The topological polar surface area (TPSA) is 95.1 Å². The van der Waals surface area contributed by atoms with Gasteiger partial charge in [0.2, 0.25) is 4.90 Å². The fourth-order valence-corrected chi connectivity index (χ4v) is 1.87. The second-order valence-electron chi connectivity index (χ2n) is 2.97. The second-order valence-corrected chi connectivity index (χ2v) is 5.50. The van der Waals surface area contributed by atoms with E-state index in [1.807, 2.05) is 0 Å². The molecule has 0 aliphatic carbocycles. The van der Waals surface area contributed by atoms with Crippen LogP contribution in [0, 0.1) is 10.1 Å². The minimum Gasteiger partial charge on any atom is -0.358 e. The number of nitro groups is 1. The first-order valence-electron chi connectivity index (χ1n) is 4.08. The van der Waals surface area contributed by atoms with Gasteiger partial charge >= 0.3 is 5.82 Å². The lowest BCUT2D eigenvalue weighted by Gasteiger charge is -1.98. The summed E-state index contributed by atoms with van der Waals surface area (Å²) in [6.45, 7) is 5.12. The predicted octanol–water partition coefficient (Wildman–Crippen LogP) is 1.47. The number of halogens is 1. The van der Waals surface area contributed by atoms with Gasteiger partial charge in [-0.2, -0.15) is 4.68 Å². The predicted molar refractivity (Wildman–Crippen MR) is 56.8 cm³/mol. The van der Waals surface area contributed by atoms with E-state index in [1.165, 1.54) is 6.08 Å². The van der Waals surface area contributed by atoms with Crippen LogP contribution in [0.3, 0.4) is 0 Å². The zero-order chi connectivity index (χ0) is 12.5. The Bertz CT molecular complexity index is 536. The van der Waals surface area contributed by atoms with Gasteiger partial charge in [0.1, 0.15) is 0 Å². The lowest BCUT2D eigenvalue weighted by atomic mass is 10.3. The van der Waals surface area contributed by atoms with Gasteiger partial charge in [-0.15, -0.1) is 6.58 Å². The summed E-state index contributed by atoms with van der Waals surface area (Å²) in [7, 11) is 0.871. The van der Waals surface area contributed by atoms with Gasteiger partial charge < -0.3 is 10.1 Å². The Morgan fingerprint density at radius 3 is 2.62 bits per heavy atom. The maximum atomic E-state index is 11.1. The van der Waals surface area contributed by atoms with E-state index in [9.17, 15) is 18.5 Å². The molecule has 0 radical (unpaired) electrons. The normalized spacial score (nSPS) is 13.4. The molecule has 1 rings (SSSR count). The summed E-state index contributed by atoms with van der Waals surface area (Å²) >= 11 is 0. The van der Waals surface area contributed by atoms with E-state index >= 15 is 0 Å². The molecule has 1 aromatic rings. The zero-order valence-electron chi connectivity index (χ0n) is 8.20. The number of hydrogen-bond donors (Lipinski definition) is 0. The Kier molecular flexibility index (Phi) is 3.34. The van der Waals surface area contributed by atoms with Crippen molar-refractivity contribution >= 4 is 25.6 Å². The largest absolute Gasteiger partial charge is 0.410 e. The summed E-state index contributed by atoms with van der Waals surface area (Å²) in [6.07, 6.45) is 2.47. The fraction of sp³-hybridized carbons (Fsp3) is 0.286. The molecule has 0 amide bonds. The number of rotatable bonds is 4. The first-order valence-corrected chi connectivity index (χ1v) is 6.39. The zero-order valence-corrected chi connectivity index (χ0v) is 9.77. The van der Waals surface area contributed by atoms with E-state index in [0.29, 0.717) is 0 Å². The van der Waals surface area contributed by atoms with E-state index in [0.717, 1.165) is 10.9 Å². The average molecular weight is 266 g/mol. The van der Waals surface area contributed by atoms with E-state index in [-0.39, 0.29) is 6.04 Å². The van der Waals surface area contributed by atoms with Crippen molar-refractivity contribution in [2.45, 2.75) is 17.9 Å². The molecule has 1 aromatic heterocycles. The standard InChI is InChI=1S/C7H8ClN3O4S/c1-3-5(2)10-4-6(16(8,14)15)7(9-10)11(12)13/h3-5H,1H2,2H3. The van der Waals surface area contributed by atoms with Gasteiger partial charge in [0.05, 0.1) is 17.3 Å². The Balaban J connectivity index is 3.43. The molecular formula is C7H8ClN3O4S. The first kappa shape index (κ1) is 12.7. The van der Waals surface area contributed by atoms with Crippen LogP contribution < -0.4 is 0 Å². The Morgan fingerprint density at radius 2 is 2.31 bits per heavy atom. The van der Waals surface area contributed by atoms with E-state index in [4.69, 9.17) is 10.7 Å². The van der Waals surface area contributed by atoms with Crippen LogP contribution in [0.15, 0.2) is 23.7 Å². The van der Waals surface area contributed by atoms with Crippen molar-refractivity contribution in [3.63, 3.8) is 0 Å². The molecule has 16 heavy (non-hydrogen) atoms. The van der Waals surface area contributed by atoms with Crippen LogP contribution in [-0.2, 0) is 9.05 Å². The Labute approximate surface area is 95.9 Å². The van der Waals surface area contributed by atoms with Crippen LogP contribution in [0.5, 0.6) is 0 Å². The lowest BCUT2D eigenvalue weighted by Crippen LogP contribution is -2.02. The van der Waals surface area contributed by atoms with Gasteiger partial charge in [-0.05, 0) is 11.8 Å². The minimum absolute atomic E-state index is 0.370. The number of hydrogen-bond acceptors (Lipinski definition) is 5. The summed E-state index contributed by atoms with van der Waals surface area (Å²) in [4.78, 5) is 9.05. The van der Waals surface area contributed by atoms with E-state index in [1.54, 1.807) is 6.92 Å². The van der Waals surface area contributed by atoms with Crippen molar-refractivity contribution in [2.75, 3.05) is 0 Å². The van der Waals surface area contributed by atoms with Crippen LogP contribution in [0.25, 0.3) is 0 Å². The van der Waals surface area contributed by atoms with Gasteiger partial charge in [-0.3, -0.25) is 0 Å². The highest BCUT2D eigenvalue weighted by Crippen LogP contribution is 2.26. The molecular weight excluding hydrogens is 258 g/mol. The monoisotopic (exact) mass is 265 g/mol. The molecule has 0 aromatic carbocycles. The van der Waals surface area contributed by atoms with Gasteiger partial charge in [-0.25, -0.2) is 8.42 Å². The van der Waals surface area contributed by atoms with E-state index < -0.39 is 24.7 Å². The number of nitrogens with zero attached hydrogens (tertiary/aromatic N) is 3. The van der Waals surface area contributed by atoms with Crippen molar-refractivity contribution in [3.05, 3.63) is 29.0 Å². The van der Waals surface area contributed by atoms with Crippen molar-refractivity contribution in [2.24, 2.45) is 0 Å².